The second-order valence-electron chi connectivity index (χ2n) is 2.02. The summed E-state index contributed by atoms with van der Waals surface area (Å²) < 4.78 is 1.63. The van der Waals surface area contributed by atoms with Crippen molar-refractivity contribution in [2.24, 2.45) is 5.90 Å². The summed E-state index contributed by atoms with van der Waals surface area (Å²) in [5.41, 5.74) is 0.716. The zero-order valence-electron chi connectivity index (χ0n) is 5.64. The summed E-state index contributed by atoms with van der Waals surface area (Å²) in [6.45, 7) is 0. The van der Waals surface area contributed by atoms with Crippen molar-refractivity contribution < 1.29 is 4.84 Å². The molecular formula is C6H6N4O. The van der Waals surface area contributed by atoms with Crippen molar-refractivity contribution in [1.82, 2.24) is 14.6 Å². The van der Waals surface area contributed by atoms with Crippen LogP contribution >= 0.6 is 0 Å². The average Bonchev–Trinajstić information content (AvgIpc) is 2.50. The van der Waals surface area contributed by atoms with E-state index in [1.165, 1.54) is 0 Å². The topological polar surface area (TPSA) is 65.4 Å². The van der Waals surface area contributed by atoms with Gasteiger partial charge in [-0.05, 0) is 0 Å². The highest BCUT2D eigenvalue weighted by Crippen LogP contribution is 2.05. The smallest absolute Gasteiger partial charge is 0.240 e. The molecule has 0 aliphatic carbocycles. The summed E-state index contributed by atoms with van der Waals surface area (Å²) in [7, 11) is 0. The van der Waals surface area contributed by atoms with E-state index >= 15 is 0 Å². The number of aromatic nitrogens is 3. The monoisotopic (exact) mass is 150 g/mol. The lowest BCUT2D eigenvalue weighted by Crippen LogP contribution is -2.04. The van der Waals surface area contributed by atoms with Crippen LogP contribution in [0.2, 0.25) is 0 Å². The zero-order valence-corrected chi connectivity index (χ0v) is 5.64. The molecule has 0 saturated carbocycles. The fraction of sp³-hybridized carbons (Fsp3) is 0. The molecular weight excluding hydrogens is 144 g/mol. The fourth-order valence-corrected chi connectivity index (χ4v) is 0.861. The Morgan fingerprint density at radius 2 is 2.36 bits per heavy atom. The van der Waals surface area contributed by atoms with E-state index in [2.05, 4.69) is 14.9 Å². The summed E-state index contributed by atoms with van der Waals surface area (Å²) in [5.74, 6) is 5.30. The molecule has 0 fully saturated rings. The van der Waals surface area contributed by atoms with Crippen LogP contribution in [-0.4, -0.2) is 14.6 Å². The van der Waals surface area contributed by atoms with Crippen molar-refractivity contribution in [2.45, 2.75) is 0 Å². The minimum Gasteiger partial charge on any atom is -0.391 e. The van der Waals surface area contributed by atoms with Crippen LogP contribution < -0.4 is 10.7 Å². The van der Waals surface area contributed by atoms with Gasteiger partial charge in [-0.2, -0.15) is 16.0 Å². The zero-order chi connectivity index (χ0) is 7.68. The van der Waals surface area contributed by atoms with Crippen molar-refractivity contribution in [2.75, 3.05) is 0 Å². The summed E-state index contributed by atoms with van der Waals surface area (Å²) in [4.78, 5) is 8.45. The molecule has 0 amide bonds. The first-order valence-corrected chi connectivity index (χ1v) is 3.07. The number of nitrogens with two attached hydrogens (primary N) is 1. The lowest BCUT2D eigenvalue weighted by Gasteiger charge is -1.95. The molecule has 0 spiro atoms. The molecule has 0 aliphatic heterocycles. The Morgan fingerprint density at radius 1 is 1.45 bits per heavy atom. The standard InChI is InChI=1S/C6H6N4O/c7-11-6-2-4-10-5(9-6)1-3-8-10/h1-4H,7H2. The van der Waals surface area contributed by atoms with Crippen molar-refractivity contribution in [3.05, 3.63) is 24.5 Å². The molecule has 5 nitrogen and oxygen atoms in total. The second kappa shape index (κ2) is 2.21. The minimum absolute atomic E-state index is 0.387. The number of fused-ring (bicyclic) bond motifs is 1. The van der Waals surface area contributed by atoms with Crippen molar-refractivity contribution in [3.63, 3.8) is 0 Å². The lowest BCUT2D eigenvalue weighted by molar-refractivity contribution is 0.321. The third-order valence-electron chi connectivity index (χ3n) is 1.35. The maximum absolute atomic E-state index is 4.92. The van der Waals surface area contributed by atoms with Gasteiger partial charge in [0.15, 0.2) is 5.65 Å². The molecule has 0 radical (unpaired) electrons. The maximum atomic E-state index is 4.92. The number of rotatable bonds is 1. The Labute approximate surface area is 62.4 Å². The third-order valence-corrected chi connectivity index (χ3v) is 1.35. The molecule has 0 saturated heterocycles. The van der Waals surface area contributed by atoms with Gasteiger partial charge in [-0.1, -0.05) is 0 Å². The number of hydrogen-bond donors (Lipinski definition) is 1. The Kier molecular flexibility index (Phi) is 1.23. The molecule has 2 rings (SSSR count). The van der Waals surface area contributed by atoms with Crippen LogP contribution in [0, 0.1) is 0 Å². The normalized spacial score (nSPS) is 10.3. The van der Waals surface area contributed by atoms with Gasteiger partial charge in [0.05, 0.1) is 6.20 Å². The molecule has 2 N–H and O–H groups in total. The van der Waals surface area contributed by atoms with Gasteiger partial charge < -0.3 is 4.84 Å². The van der Waals surface area contributed by atoms with Crippen LogP contribution in [0.15, 0.2) is 24.5 Å². The Bertz CT molecular complexity index is 369. The predicted molar refractivity (Wildman–Crippen MR) is 37.8 cm³/mol. The highest BCUT2D eigenvalue weighted by Gasteiger charge is 1.96. The van der Waals surface area contributed by atoms with E-state index in [0.29, 0.717) is 11.5 Å². The van der Waals surface area contributed by atoms with Crippen LogP contribution in [-0.2, 0) is 0 Å². The average molecular weight is 150 g/mol. The second-order valence-corrected chi connectivity index (χ2v) is 2.02. The van der Waals surface area contributed by atoms with E-state index in [1.54, 1.807) is 29.0 Å². The summed E-state index contributed by atoms with van der Waals surface area (Å²) in [6, 6.07) is 3.41. The summed E-state index contributed by atoms with van der Waals surface area (Å²) in [6.07, 6.45) is 3.38. The van der Waals surface area contributed by atoms with Gasteiger partial charge >= 0.3 is 0 Å². The van der Waals surface area contributed by atoms with Crippen molar-refractivity contribution >= 4 is 5.65 Å². The number of nitrogens with zero attached hydrogens (tertiary/aromatic N) is 3. The summed E-state index contributed by atoms with van der Waals surface area (Å²) >= 11 is 0. The number of hydrogen-bond acceptors (Lipinski definition) is 4. The van der Waals surface area contributed by atoms with Gasteiger partial charge in [0, 0.05) is 18.3 Å². The van der Waals surface area contributed by atoms with E-state index in [9.17, 15) is 0 Å². The molecule has 0 bridgehead atoms. The summed E-state index contributed by atoms with van der Waals surface area (Å²) in [5, 5.41) is 3.95. The third kappa shape index (κ3) is 0.908. The quantitative estimate of drug-likeness (QED) is 0.580. The minimum atomic E-state index is 0.387. The molecule has 56 valence electrons. The maximum Gasteiger partial charge on any atom is 0.240 e. The largest absolute Gasteiger partial charge is 0.391 e. The van der Waals surface area contributed by atoms with Gasteiger partial charge in [0.1, 0.15) is 0 Å². The Morgan fingerprint density at radius 3 is 3.18 bits per heavy atom. The highest BCUT2D eigenvalue weighted by molar-refractivity contribution is 5.37. The van der Waals surface area contributed by atoms with Crippen LogP contribution in [0.25, 0.3) is 5.65 Å². The van der Waals surface area contributed by atoms with E-state index in [0.717, 1.165) is 0 Å². The van der Waals surface area contributed by atoms with E-state index in [1.807, 2.05) is 0 Å². The molecule has 2 aromatic rings. The van der Waals surface area contributed by atoms with Crippen LogP contribution in [0.1, 0.15) is 0 Å². The highest BCUT2D eigenvalue weighted by atomic mass is 16.6. The van der Waals surface area contributed by atoms with Crippen LogP contribution in [0.3, 0.4) is 0 Å². The van der Waals surface area contributed by atoms with Gasteiger partial charge in [0.25, 0.3) is 0 Å². The lowest BCUT2D eigenvalue weighted by atomic mass is 10.6. The molecule has 5 heteroatoms. The molecule has 11 heavy (non-hydrogen) atoms. The van der Waals surface area contributed by atoms with Crippen LogP contribution in [0.5, 0.6) is 5.88 Å². The van der Waals surface area contributed by atoms with Crippen LogP contribution in [0.4, 0.5) is 0 Å². The Hall–Kier alpha value is -1.62. The van der Waals surface area contributed by atoms with Gasteiger partial charge in [-0.25, -0.2) is 4.52 Å². The molecule has 2 heterocycles. The first-order valence-electron chi connectivity index (χ1n) is 3.07. The van der Waals surface area contributed by atoms with E-state index in [4.69, 9.17) is 5.90 Å². The molecule has 0 atom stereocenters. The van der Waals surface area contributed by atoms with Gasteiger partial charge in [-0.15, -0.1) is 0 Å². The molecule has 0 aromatic carbocycles. The molecule has 0 unspecified atom stereocenters. The van der Waals surface area contributed by atoms with E-state index in [-0.39, 0.29) is 0 Å². The predicted octanol–water partition coefficient (Wildman–Crippen LogP) is -0.0182. The van der Waals surface area contributed by atoms with Crippen molar-refractivity contribution in [3.8, 4) is 5.88 Å². The first-order chi connectivity index (χ1) is 5.40. The SMILES string of the molecule is NOc1ccn2nccc2n1. The van der Waals surface area contributed by atoms with E-state index < -0.39 is 0 Å². The van der Waals surface area contributed by atoms with Crippen molar-refractivity contribution in [1.29, 1.82) is 0 Å². The molecule has 0 aliphatic rings. The fourth-order valence-electron chi connectivity index (χ4n) is 0.861. The van der Waals surface area contributed by atoms with Gasteiger partial charge in [0.2, 0.25) is 5.88 Å². The first kappa shape index (κ1) is 6.11. The molecule has 2 aromatic heterocycles. The Balaban J connectivity index is 2.67. The van der Waals surface area contributed by atoms with Gasteiger partial charge in [-0.3, -0.25) is 0 Å².